The van der Waals surface area contributed by atoms with E-state index >= 15 is 0 Å². The Morgan fingerprint density at radius 2 is 2.19 bits per heavy atom. The molecule has 1 N–H and O–H groups in total. The van der Waals surface area contributed by atoms with E-state index in [1.807, 2.05) is 0 Å². The molecule has 3 unspecified atom stereocenters. The van der Waals surface area contributed by atoms with Gasteiger partial charge < -0.3 is 10.1 Å². The number of sulfone groups is 1. The topological polar surface area (TPSA) is 55.4 Å². The molecule has 0 bridgehead atoms. The summed E-state index contributed by atoms with van der Waals surface area (Å²) in [5, 5.41) is 3.43. The number of hydrogen-bond acceptors (Lipinski definition) is 4. The Morgan fingerprint density at radius 3 is 2.81 bits per heavy atom. The molecule has 0 aromatic heterocycles. The second-order valence-corrected chi connectivity index (χ2v) is 7.40. The highest BCUT2D eigenvalue weighted by atomic mass is 32.2. The van der Waals surface area contributed by atoms with Crippen molar-refractivity contribution in [2.24, 2.45) is 11.8 Å². The third kappa shape index (κ3) is 3.18. The molecule has 0 spiro atoms. The molecule has 0 saturated carbocycles. The zero-order valence-corrected chi connectivity index (χ0v) is 10.6. The summed E-state index contributed by atoms with van der Waals surface area (Å²) in [6, 6.07) is 0.466. The summed E-state index contributed by atoms with van der Waals surface area (Å²) in [5.41, 5.74) is 0. The zero-order valence-electron chi connectivity index (χ0n) is 9.81. The van der Waals surface area contributed by atoms with Crippen LogP contribution in [-0.2, 0) is 14.6 Å². The van der Waals surface area contributed by atoms with E-state index in [1.54, 1.807) is 7.11 Å². The Labute approximate surface area is 97.7 Å². The SMILES string of the molecule is COCC1CC(CC2CCS(=O)(=O)C2)CN1. The van der Waals surface area contributed by atoms with Crippen LogP contribution in [0.2, 0.25) is 0 Å². The molecule has 0 aliphatic carbocycles. The summed E-state index contributed by atoms with van der Waals surface area (Å²) >= 11 is 0. The summed E-state index contributed by atoms with van der Waals surface area (Å²) < 4.78 is 27.8. The highest BCUT2D eigenvalue weighted by Gasteiger charge is 2.32. The zero-order chi connectivity index (χ0) is 11.6. The van der Waals surface area contributed by atoms with Crippen molar-refractivity contribution < 1.29 is 13.2 Å². The molecule has 16 heavy (non-hydrogen) atoms. The first-order valence-electron chi connectivity index (χ1n) is 6.02. The van der Waals surface area contributed by atoms with Gasteiger partial charge in [0.1, 0.15) is 0 Å². The molecular formula is C11H21NO3S. The van der Waals surface area contributed by atoms with Crippen molar-refractivity contribution in [1.29, 1.82) is 0 Å². The van der Waals surface area contributed by atoms with Crippen LogP contribution in [0.4, 0.5) is 0 Å². The number of hydrogen-bond donors (Lipinski definition) is 1. The smallest absolute Gasteiger partial charge is 0.150 e. The highest BCUT2D eigenvalue weighted by molar-refractivity contribution is 7.91. The van der Waals surface area contributed by atoms with E-state index in [0.717, 1.165) is 32.4 Å². The lowest BCUT2D eigenvalue weighted by Crippen LogP contribution is -2.25. The maximum atomic E-state index is 11.3. The predicted molar refractivity (Wildman–Crippen MR) is 63.2 cm³/mol. The Kier molecular flexibility index (Phi) is 3.87. The van der Waals surface area contributed by atoms with Crippen LogP contribution in [0, 0.1) is 11.8 Å². The fraction of sp³-hybridized carbons (Fsp3) is 1.00. The molecular weight excluding hydrogens is 226 g/mol. The van der Waals surface area contributed by atoms with Gasteiger partial charge in [-0.2, -0.15) is 0 Å². The fourth-order valence-electron chi connectivity index (χ4n) is 2.94. The monoisotopic (exact) mass is 247 g/mol. The van der Waals surface area contributed by atoms with Gasteiger partial charge in [0.05, 0.1) is 18.1 Å². The summed E-state index contributed by atoms with van der Waals surface area (Å²) in [4.78, 5) is 0. The van der Waals surface area contributed by atoms with Crippen LogP contribution in [-0.4, -0.2) is 46.2 Å². The van der Waals surface area contributed by atoms with Crippen LogP contribution in [0.3, 0.4) is 0 Å². The van der Waals surface area contributed by atoms with E-state index in [0.29, 0.717) is 29.4 Å². The number of rotatable bonds is 4. The van der Waals surface area contributed by atoms with Gasteiger partial charge >= 0.3 is 0 Å². The minimum absolute atomic E-state index is 0.401. The molecule has 2 aliphatic rings. The predicted octanol–water partition coefficient (Wildman–Crippen LogP) is 0.436. The first-order chi connectivity index (χ1) is 7.59. The Balaban J connectivity index is 1.75. The van der Waals surface area contributed by atoms with Gasteiger partial charge in [-0.15, -0.1) is 0 Å². The summed E-state index contributed by atoms with van der Waals surface area (Å²) in [6.45, 7) is 1.78. The molecule has 2 saturated heterocycles. The lowest BCUT2D eigenvalue weighted by atomic mass is 9.92. The molecule has 0 aromatic rings. The number of methoxy groups -OCH3 is 1. The molecule has 94 valence electrons. The molecule has 0 radical (unpaired) electrons. The number of ether oxygens (including phenoxy) is 1. The van der Waals surface area contributed by atoms with Crippen molar-refractivity contribution in [2.45, 2.75) is 25.3 Å². The van der Waals surface area contributed by atoms with E-state index in [2.05, 4.69) is 5.32 Å². The third-order valence-corrected chi connectivity index (χ3v) is 5.51. The molecule has 2 aliphatic heterocycles. The summed E-state index contributed by atoms with van der Waals surface area (Å²) in [7, 11) is -0.985. The average Bonchev–Trinajstić information content (AvgIpc) is 2.75. The van der Waals surface area contributed by atoms with E-state index < -0.39 is 9.84 Å². The maximum Gasteiger partial charge on any atom is 0.150 e. The first-order valence-corrected chi connectivity index (χ1v) is 7.84. The van der Waals surface area contributed by atoms with Crippen molar-refractivity contribution in [2.75, 3.05) is 31.8 Å². The van der Waals surface area contributed by atoms with Crippen LogP contribution in [0.5, 0.6) is 0 Å². The Morgan fingerprint density at radius 1 is 1.38 bits per heavy atom. The van der Waals surface area contributed by atoms with Gasteiger partial charge in [-0.05, 0) is 37.6 Å². The van der Waals surface area contributed by atoms with Crippen LogP contribution in [0.25, 0.3) is 0 Å². The van der Waals surface area contributed by atoms with Crippen molar-refractivity contribution >= 4 is 9.84 Å². The lowest BCUT2D eigenvalue weighted by molar-refractivity contribution is 0.172. The van der Waals surface area contributed by atoms with Gasteiger partial charge in [0, 0.05) is 13.2 Å². The molecule has 0 amide bonds. The van der Waals surface area contributed by atoms with Crippen LogP contribution >= 0.6 is 0 Å². The Bertz CT molecular complexity index is 328. The second kappa shape index (κ2) is 5.02. The van der Waals surface area contributed by atoms with Crippen LogP contribution < -0.4 is 5.32 Å². The van der Waals surface area contributed by atoms with E-state index in [4.69, 9.17) is 4.74 Å². The molecule has 5 heteroatoms. The van der Waals surface area contributed by atoms with E-state index in [9.17, 15) is 8.42 Å². The highest BCUT2D eigenvalue weighted by Crippen LogP contribution is 2.29. The first kappa shape index (κ1) is 12.3. The quantitative estimate of drug-likeness (QED) is 0.783. The molecule has 4 nitrogen and oxygen atoms in total. The minimum atomic E-state index is -2.71. The van der Waals surface area contributed by atoms with Gasteiger partial charge in [-0.3, -0.25) is 0 Å². The standard InChI is InChI=1S/C11H21NO3S/c1-15-7-11-5-10(6-12-11)4-9-2-3-16(13,14)8-9/h9-12H,2-8H2,1H3. The van der Waals surface area contributed by atoms with Gasteiger partial charge in [0.2, 0.25) is 0 Å². The summed E-state index contributed by atoms with van der Waals surface area (Å²) in [5.74, 6) is 1.86. The largest absolute Gasteiger partial charge is 0.383 e. The van der Waals surface area contributed by atoms with Crippen LogP contribution in [0.15, 0.2) is 0 Å². The molecule has 2 heterocycles. The number of nitrogens with one attached hydrogen (secondary N) is 1. The van der Waals surface area contributed by atoms with Crippen LogP contribution in [0.1, 0.15) is 19.3 Å². The van der Waals surface area contributed by atoms with Crippen molar-refractivity contribution in [3.05, 3.63) is 0 Å². The summed E-state index contributed by atoms with van der Waals surface area (Å²) in [6.07, 6.45) is 3.06. The van der Waals surface area contributed by atoms with Crippen molar-refractivity contribution in [3.8, 4) is 0 Å². The Hall–Kier alpha value is -0.130. The normalized spacial score (nSPS) is 37.9. The molecule has 2 fully saturated rings. The maximum absolute atomic E-state index is 11.3. The third-order valence-electron chi connectivity index (χ3n) is 3.67. The van der Waals surface area contributed by atoms with Gasteiger partial charge in [-0.25, -0.2) is 8.42 Å². The fourth-order valence-corrected chi connectivity index (χ4v) is 4.82. The van der Waals surface area contributed by atoms with Crippen molar-refractivity contribution in [1.82, 2.24) is 5.32 Å². The second-order valence-electron chi connectivity index (χ2n) is 5.17. The van der Waals surface area contributed by atoms with Gasteiger partial charge in [0.25, 0.3) is 0 Å². The lowest BCUT2D eigenvalue weighted by Gasteiger charge is -2.13. The van der Waals surface area contributed by atoms with Gasteiger partial charge in [-0.1, -0.05) is 0 Å². The van der Waals surface area contributed by atoms with E-state index in [-0.39, 0.29) is 0 Å². The molecule has 3 atom stereocenters. The molecule has 2 rings (SSSR count). The van der Waals surface area contributed by atoms with Crippen molar-refractivity contribution in [3.63, 3.8) is 0 Å². The minimum Gasteiger partial charge on any atom is -0.383 e. The average molecular weight is 247 g/mol. The van der Waals surface area contributed by atoms with E-state index in [1.165, 1.54) is 0 Å². The molecule has 0 aromatic carbocycles. The van der Waals surface area contributed by atoms with Gasteiger partial charge in [0.15, 0.2) is 9.84 Å².